The monoisotopic (exact) mass is 444 g/mol. The van der Waals surface area contributed by atoms with Gasteiger partial charge in [0.1, 0.15) is 0 Å². The molecule has 8 heteroatoms. The highest BCUT2D eigenvalue weighted by atomic mass is 32.2. The number of sulfonamides is 1. The minimum absolute atomic E-state index is 0.0730. The number of hydrogen-bond donors (Lipinski definition) is 2. The van der Waals surface area contributed by atoms with E-state index in [-0.39, 0.29) is 16.8 Å². The summed E-state index contributed by atoms with van der Waals surface area (Å²) >= 11 is 0. The van der Waals surface area contributed by atoms with E-state index in [9.17, 15) is 13.2 Å². The predicted octanol–water partition coefficient (Wildman–Crippen LogP) is 3.60. The molecule has 2 aliphatic rings. The van der Waals surface area contributed by atoms with Crippen molar-refractivity contribution in [2.75, 3.05) is 18.9 Å². The number of nitrogens with one attached hydrogen (secondary N) is 2. The van der Waals surface area contributed by atoms with E-state index < -0.39 is 15.4 Å². The molecule has 0 heterocycles. The molecule has 0 aromatic heterocycles. The van der Waals surface area contributed by atoms with Crippen molar-refractivity contribution in [2.45, 2.75) is 54.9 Å². The molecular weight excluding hydrogens is 416 g/mol. The van der Waals surface area contributed by atoms with Crippen molar-refractivity contribution in [3.05, 3.63) is 48.0 Å². The van der Waals surface area contributed by atoms with Gasteiger partial charge in [0.25, 0.3) is 10.0 Å². The van der Waals surface area contributed by atoms with Crippen LogP contribution in [0.2, 0.25) is 0 Å². The average Bonchev–Trinajstić information content (AvgIpc) is 3.43. The van der Waals surface area contributed by atoms with Crippen molar-refractivity contribution >= 4 is 21.6 Å². The first kappa shape index (κ1) is 21.5. The number of ether oxygens (including phenoxy) is 2. The zero-order valence-corrected chi connectivity index (χ0v) is 18.6. The summed E-state index contributed by atoms with van der Waals surface area (Å²) in [6.07, 6.45) is 6.10. The highest BCUT2D eigenvalue weighted by Crippen LogP contribution is 2.49. The third-order valence-electron chi connectivity index (χ3n) is 6.23. The summed E-state index contributed by atoms with van der Waals surface area (Å²) in [6, 6.07) is 11.8. The first-order valence-electron chi connectivity index (χ1n) is 10.5. The van der Waals surface area contributed by atoms with Gasteiger partial charge < -0.3 is 14.8 Å². The molecule has 2 fully saturated rings. The van der Waals surface area contributed by atoms with Crippen LogP contribution in [0, 0.1) is 0 Å². The van der Waals surface area contributed by atoms with E-state index in [1.54, 1.807) is 18.2 Å². The molecule has 0 spiro atoms. The molecule has 0 aliphatic heterocycles. The lowest BCUT2D eigenvalue weighted by Crippen LogP contribution is -2.40. The van der Waals surface area contributed by atoms with Crippen molar-refractivity contribution in [1.82, 2.24) is 5.32 Å². The SMILES string of the molecule is COc1ccc(S(=O)(=O)Nc2ccc(C3(C(=O)NC4CCCC4)CC3)cc2)cc1OC. The lowest BCUT2D eigenvalue weighted by atomic mass is 9.94. The van der Waals surface area contributed by atoms with Gasteiger partial charge in [0.15, 0.2) is 11.5 Å². The smallest absolute Gasteiger partial charge is 0.262 e. The molecular formula is C23H28N2O5S. The zero-order chi connectivity index (χ0) is 22.1. The molecule has 0 atom stereocenters. The second-order valence-electron chi connectivity index (χ2n) is 8.24. The van der Waals surface area contributed by atoms with Gasteiger partial charge in [-0.05, 0) is 55.5 Å². The Morgan fingerprint density at radius 1 is 0.968 bits per heavy atom. The Labute approximate surface area is 183 Å². The Bertz CT molecular complexity index is 1060. The lowest BCUT2D eigenvalue weighted by molar-refractivity contribution is -0.124. The second-order valence-corrected chi connectivity index (χ2v) is 9.92. The van der Waals surface area contributed by atoms with E-state index >= 15 is 0 Å². The van der Waals surface area contributed by atoms with Gasteiger partial charge in [-0.3, -0.25) is 9.52 Å². The second kappa shape index (κ2) is 8.42. The van der Waals surface area contributed by atoms with Gasteiger partial charge in [-0.25, -0.2) is 8.42 Å². The Balaban J connectivity index is 1.47. The maximum Gasteiger partial charge on any atom is 0.262 e. The van der Waals surface area contributed by atoms with Crippen LogP contribution in [-0.4, -0.2) is 34.6 Å². The van der Waals surface area contributed by atoms with Crippen molar-refractivity contribution < 1.29 is 22.7 Å². The van der Waals surface area contributed by atoms with Crippen molar-refractivity contribution in [3.8, 4) is 11.5 Å². The molecule has 2 saturated carbocycles. The van der Waals surface area contributed by atoms with Crippen LogP contribution in [0.1, 0.15) is 44.1 Å². The van der Waals surface area contributed by atoms with E-state index in [4.69, 9.17) is 9.47 Å². The molecule has 7 nitrogen and oxygen atoms in total. The molecule has 2 N–H and O–H groups in total. The third-order valence-corrected chi connectivity index (χ3v) is 7.61. The first-order chi connectivity index (χ1) is 14.9. The predicted molar refractivity (Wildman–Crippen MR) is 118 cm³/mol. The van der Waals surface area contributed by atoms with Gasteiger partial charge in [-0.1, -0.05) is 25.0 Å². The summed E-state index contributed by atoms with van der Waals surface area (Å²) in [5.74, 6) is 0.888. The molecule has 166 valence electrons. The van der Waals surface area contributed by atoms with E-state index in [0.29, 0.717) is 17.2 Å². The van der Waals surface area contributed by atoms with Gasteiger partial charge >= 0.3 is 0 Å². The van der Waals surface area contributed by atoms with E-state index in [1.165, 1.54) is 39.2 Å². The standard InChI is InChI=1S/C23H28N2O5S/c1-29-20-12-11-19(15-21(20)30-2)31(27,28)25-18-9-7-16(8-10-18)23(13-14-23)22(26)24-17-5-3-4-6-17/h7-12,15,17,25H,3-6,13-14H2,1-2H3,(H,24,26). The minimum Gasteiger partial charge on any atom is -0.493 e. The maximum absolute atomic E-state index is 12.9. The van der Waals surface area contributed by atoms with Crippen molar-refractivity contribution in [2.24, 2.45) is 0 Å². The maximum atomic E-state index is 12.9. The highest BCUT2D eigenvalue weighted by molar-refractivity contribution is 7.92. The number of amides is 1. The summed E-state index contributed by atoms with van der Waals surface area (Å²) in [6.45, 7) is 0. The van der Waals surface area contributed by atoms with Crippen LogP contribution in [0.4, 0.5) is 5.69 Å². The molecule has 2 aromatic carbocycles. The average molecular weight is 445 g/mol. The van der Waals surface area contributed by atoms with E-state index in [1.807, 2.05) is 12.1 Å². The van der Waals surface area contributed by atoms with Crippen LogP contribution in [0.3, 0.4) is 0 Å². The van der Waals surface area contributed by atoms with Crippen LogP contribution < -0.4 is 19.5 Å². The molecule has 2 aromatic rings. The van der Waals surface area contributed by atoms with Gasteiger partial charge in [-0.2, -0.15) is 0 Å². The number of anilines is 1. The number of methoxy groups -OCH3 is 2. The van der Waals surface area contributed by atoms with Crippen molar-refractivity contribution in [3.63, 3.8) is 0 Å². The van der Waals surface area contributed by atoms with Crippen molar-refractivity contribution in [1.29, 1.82) is 0 Å². The fourth-order valence-corrected chi connectivity index (χ4v) is 5.29. The molecule has 4 rings (SSSR count). The minimum atomic E-state index is -3.80. The van der Waals surface area contributed by atoms with Crippen LogP contribution in [0.25, 0.3) is 0 Å². The normalized spacial score (nSPS) is 17.7. The Kier molecular flexibility index (Phi) is 5.83. The highest BCUT2D eigenvalue weighted by Gasteiger charge is 2.51. The molecule has 0 radical (unpaired) electrons. The largest absolute Gasteiger partial charge is 0.493 e. The molecule has 31 heavy (non-hydrogen) atoms. The molecule has 2 aliphatic carbocycles. The van der Waals surface area contributed by atoms with E-state index in [0.717, 1.165) is 31.2 Å². The fourth-order valence-electron chi connectivity index (χ4n) is 4.22. The summed E-state index contributed by atoms with van der Waals surface area (Å²) in [4.78, 5) is 12.9. The molecule has 0 unspecified atom stereocenters. The topological polar surface area (TPSA) is 93.7 Å². The van der Waals surface area contributed by atoms with Crippen LogP contribution in [0.15, 0.2) is 47.4 Å². The molecule has 1 amide bonds. The third kappa shape index (κ3) is 4.35. The van der Waals surface area contributed by atoms with Gasteiger partial charge in [0.05, 0.1) is 24.5 Å². The van der Waals surface area contributed by atoms with Crippen LogP contribution in [-0.2, 0) is 20.2 Å². The number of rotatable bonds is 8. The van der Waals surface area contributed by atoms with E-state index in [2.05, 4.69) is 10.0 Å². The zero-order valence-electron chi connectivity index (χ0n) is 17.8. The summed E-state index contributed by atoms with van der Waals surface area (Å²) in [5.41, 5.74) is 0.895. The quantitative estimate of drug-likeness (QED) is 0.649. The number of carbonyl (C=O) groups excluding carboxylic acids is 1. The lowest BCUT2D eigenvalue weighted by Gasteiger charge is -2.20. The number of hydrogen-bond acceptors (Lipinski definition) is 5. The number of carbonyl (C=O) groups is 1. The number of benzene rings is 2. The summed E-state index contributed by atoms with van der Waals surface area (Å²) < 4.78 is 38.5. The summed E-state index contributed by atoms with van der Waals surface area (Å²) in [5, 5.41) is 3.20. The fraction of sp³-hybridized carbons (Fsp3) is 0.435. The van der Waals surface area contributed by atoms with Gasteiger partial charge in [0, 0.05) is 17.8 Å². The Morgan fingerprint density at radius 3 is 2.19 bits per heavy atom. The summed E-state index contributed by atoms with van der Waals surface area (Å²) in [7, 11) is -0.853. The van der Waals surface area contributed by atoms with Gasteiger partial charge in [-0.15, -0.1) is 0 Å². The molecule has 0 saturated heterocycles. The molecule has 0 bridgehead atoms. The van der Waals surface area contributed by atoms with Gasteiger partial charge in [0.2, 0.25) is 5.91 Å². The van der Waals surface area contributed by atoms with Crippen LogP contribution in [0.5, 0.6) is 11.5 Å². The first-order valence-corrected chi connectivity index (χ1v) is 12.0. The Morgan fingerprint density at radius 2 is 1.61 bits per heavy atom. The van der Waals surface area contributed by atoms with Crippen LogP contribution >= 0.6 is 0 Å². The Hall–Kier alpha value is -2.74.